The van der Waals surface area contributed by atoms with Gasteiger partial charge in [-0.1, -0.05) is 54.6 Å². The van der Waals surface area contributed by atoms with Crippen LogP contribution in [0.4, 0.5) is 0 Å². The van der Waals surface area contributed by atoms with E-state index in [9.17, 15) is 0 Å². The molecule has 0 heteroatoms. The Morgan fingerprint density at radius 2 is 1.52 bits per heavy atom. The van der Waals surface area contributed by atoms with Gasteiger partial charge < -0.3 is 0 Å². The lowest BCUT2D eigenvalue weighted by molar-refractivity contribution is 0.612. The third-order valence-electron chi connectivity index (χ3n) is 6.18. The maximum absolute atomic E-state index is 2.38. The molecular weight excluding hydrogens is 276 g/mol. The quantitative estimate of drug-likeness (QED) is 0.343. The van der Waals surface area contributed by atoms with Crippen LogP contribution < -0.4 is 0 Å². The van der Waals surface area contributed by atoms with Crippen molar-refractivity contribution in [1.29, 1.82) is 0 Å². The minimum atomic E-state index is 0.804. The summed E-state index contributed by atoms with van der Waals surface area (Å²) in [6, 6.07) is 20.5. The highest BCUT2D eigenvalue weighted by Crippen LogP contribution is 2.50. The SMILES string of the molecule is c1ccc2c(c1)ccc1c3c4c5c(cccc5c12)CCC4CC3. The van der Waals surface area contributed by atoms with Gasteiger partial charge in [0.05, 0.1) is 0 Å². The highest BCUT2D eigenvalue weighted by atomic mass is 14.3. The molecule has 4 aromatic rings. The molecule has 4 aromatic carbocycles. The Hall–Kier alpha value is -2.34. The molecule has 0 spiro atoms. The van der Waals surface area contributed by atoms with Gasteiger partial charge in [0.25, 0.3) is 0 Å². The van der Waals surface area contributed by atoms with Crippen molar-refractivity contribution in [3.05, 3.63) is 71.3 Å². The van der Waals surface area contributed by atoms with Crippen molar-refractivity contribution in [2.75, 3.05) is 0 Å². The molecular formula is C23H18. The molecule has 110 valence electrons. The van der Waals surface area contributed by atoms with E-state index in [1.807, 2.05) is 0 Å². The van der Waals surface area contributed by atoms with Gasteiger partial charge in [0.2, 0.25) is 0 Å². The Morgan fingerprint density at radius 3 is 2.52 bits per heavy atom. The smallest absolute Gasteiger partial charge is 0.00237 e. The lowest BCUT2D eigenvalue weighted by Gasteiger charge is -2.24. The van der Waals surface area contributed by atoms with Gasteiger partial charge in [-0.3, -0.25) is 0 Å². The standard InChI is InChI=1S/C23H18/c1-2-6-17-14(4-1)10-12-19-18-13-11-16-9-8-15-5-3-7-20(23(17)19)22(15)21(16)18/h1-7,10,12,16H,8-9,11,13H2. The van der Waals surface area contributed by atoms with Gasteiger partial charge in [-0.05, 0) is 80.6 Å². The predicted molar refractivity (Wildman–Crippen MR) is 98.3 cm³/mol. The first-order valence-electron chi connectivity index (χ1n) is 8.79. The number of fused-ring (bicyclic) bond motifs is 5. The maximum Gasteiger partial charge on any atom is -0.00237 e. The zero-order valence-electron chi connectivity index (χ0n) is 13.1. The second-order valence-corrected chi connectivity index (χ2v) is 7.22. The van der Waals surface area contributed by atoms with Gasteiger partial charge in [-0.15, -0.1) is 0 Å². The summed E-state index contributed by atoms with van der Waals surface area (Å²) < 4.78 is 0. The Labute approximate surface area is 135 Å². The summed E-state index contributed by atoms with van der Waals surface area (Å²) in [4.78, 5) is 0. The van der Waals surface area contributed by atoms with Gasteiger partial charge in [-0.25, -0.2) is 0 Å². The third kappa shape index (κ3) is 1.42. The van der Waals surface area contributed by atoms with E-state index < -0.39 is 0 Å². The second-order valence-electron chi connectivity index (χ2n) is 7.22. The number of aryl methyl sites for hydroxylation is 2. The van der Waals surface area contributed by atoms with Gasteiger partial charge in [0, 0.05) is 0 Å². The van der Waals surface area contributed by atoms with Crippen molar-refractivity contribution in [1.82, 2.24) is 0 Å². The summed E-state index contributed by atoms with van der Waals surface area (Å²) >= 11 is 0. The number of hydrogen-bond donors (Lipinski definition) is 0. The van der Waals surface area contributed by atoms with Gasteiger partial charge in [-0.2, -0.15) is 0 Å². The van der Waals surface area contributed by atoms with Crippen LogP contribution in [0.3, 0.4) is 0 Å². The molecule has 6 rings (SSSR count). The molecule has 0 heterocycles. The predicted octanol–water partition coefficient (Wildman–Crippen LogP) is 6.12. The number of benzene rings is 4. The maximum atomic E-state index is 2.38. The second kappa shape index (κ2) is 4.14. The van der Waals surface area contributed by atoms with E-state index in [4.69, 9.17) is 0 Å². The Morgan fingerprint density at radius 1 is 0.652 bits per heavy atom. The van der Waals surface area contributed by atoms with Crippen LogP contribution >= 0.6 is 0 Å². The average Bonchev–Trinajstić information content (AvgIpc) is 3.05. The summed E-state index contributed by atoms with van der Waals surface area (Å²) in [7, 11) is 0. The van der Waals surface area contributed by atoms with E-state index >= 15 is 0 Å². The Bertz CT molecular complexity index is 1120. The first-order valence-corrected chi connectivity index (χ1v) is 8.79. The highest BCUT2D eigenvalue weighted by Gasteiger charge is 2.31. The molecule has 0 N–H and O–H groups in total. The lowest BCUT2D eigenvalue weighted by atomic mass is 9.80. The molecule has 0 amide bonds. The van der Waals surface area contributed by atoms with Crippen LogP contribution in [0.25, 0.3) is 32.3 Å². The molecule has 0 radical (unpaired) electrons. The van der Waals surface area contributed by atoms with Crippen LogP contribution in [0.2, 0.25) is 0 Å². The molecule has 2 aliphatic rings. The van der Waals surface area contributed by atoms with Crippen LogP contribution in [-0.2, 0) is 12.8 Å². The van der Waals surface area contributed by atoms with E-state index in [0.717, 1.165) is 5.92 Å². The van der Waals surface area contributed by atoms with Gasteiger partial charge in [0.1, 0.15) is 0 Å². The Balaban J connectivity index is 1.98. The van der Waals surface area contributed by atoms with Crippen LogP contribution in [0.1, 0.15) is 35.4 Å². The van der Waals surface area contributed by atoms with Crippen LogP contribution in [0, 0.1) is 0 Å². The van der Waals surface area contributed by atoms with E-state index in [2.05, 4.69) is 54.6 Å². The molecule has 0 fully saturated rings. The van der Waals surface area contributed by atoms with Gasteiger partial charge in [0.15, 0.2) is 0 Å². The van der Waals surface area contributed by atoms with Crippen molar-refractivity contribution in [3.63, 3.8) is 0 Å². The van der Waals surface area contributed by atoms with Crippen LogP contribution in [-0.4, -0.2) is 0 Å². The zero-order valence-corrected chi connectivity index (χ0v) is 13.1. The zero-order chi connectivity index (χ0) is 15.0. The number of hydrogen-bond acceptors (Lipinski definition) is 0. The summed E-state index contributed by atoms with van der Waals surface area (Å²) in [6.45, 7) is 0. The molecule has 0 nitrogen and oxygen atoms in total. The third-order valence-corrected chi connectivity index (χ3v) is 6.18. The first kappa shape index (κ1) is 12.1. The monoisotopic (exact) mass is 294 g/mol. The van der Waals surface area contributed by atoms with Crippen LogP contribution in [0.15, 0.2) is 54.6 Å². The molecule has 0 saturated heterocycles. The topological polar surface area (TPSA) is 0 Å². The average molecular weight is 294 g/mol. The molecule has 0 saturated carbocycles. The van der Waals surface area contributed by atoms with Crippen LogP contribution in [0.5, 0.6) is 0 Å². The molecule has 0 aliphatic heterocycles. The van der Waals surface area contributed by atoms with Crippen molar-refractivity contribution < 1.29 is 0 Å². The van der Waals surface area contributed by atoms with Gasteiger partial charge >= 0.3 is 0 Å². The molecule has 23 heavy (non-hydrogen) atoms. The summed E-state index contributed by atoms with van der Waals surface area (Å²) in [5.74, 6) is 0.804. The van der Waals surface area contributed by atoms with Crippen molar-refractivity contribution in [2.24, 2.45) is 0 Å². The normalized spacial score (nSPS) is 19.0. The van der Waals surface area contributed by atoms with Crippen molar-refractivity contribution in [2.45, 2.75) is 31.6 Å². The lowest BCUT2D eigenvalue weighted by Crippen LogP contribution is -2.06. The highest BCUT2D eigenvalue weighted by molar-refractivity contribution is 6.22. The summed E-state index contributed by atoms with van der Waals surface area (Å²) in [5, 5.41) is 8.85. The van der Waals surface area contributed by atoms with E-state index in [-0.39, 0.29) is 0 Å². The molecule has 1 atom stereocenters. The van der Waals surface area contributed by atoms with E-state index in [1.54, 1.807) is 22.1 Å². The first-order chi connectivity index (χ1) is 11.4. The fourth-order valence-electron chi connectivity index (χ4n) is 5.25. The molecule has 1 unspecified atom stereocenters. The largest absolute Gasteiger partial charge is 0.0616 e. The van der Waals surface area contributed by atoms with Crippen molar-refractivity contribution in [3.8, 4) is 0 Å². The minimum Gasteiger partial charge on any atom is -0.0616 e. The minimum absolute atomic E-state index is 0.804. The molecule has 0 aromatic heterocycles. The number of rotatable bonds is 0. The summed E-state index contributed by atoms with van der Waals surface area (Å²) in [5.41, 5.74) is 4.92. The fraction of sp³-hybridized carbons (Fsp3) is 0.217. The Kier molecular flexibility index (Phi) is 2.18. The summed E-state index contributed by atoms with van der Waals surface area (Å²) in [6.07, 6.45) is 5.22. The van der Waals surface area contributed by atoms with E-state index in [1.165, 1.54) is 52.6 Å². The fourth-order valence-corrected chi connectivity index (χ4v) is 5.25. The molecule has 0 bridgehead atoms. The molecule has 2 aliphatic carbocycles. The van der Waals surface area contributed by atoms with Crippen molar-refractivity contribution >= 4 is 32.3 Å². The van der Waals surface area contributed by atoms with E-state index in [0.29, 0.717) is 0 Å².